The van der Waals surface area contributed by atoms with Crippen LogP contribution in [0.2, 0.25) is 0 Å². The first-order chi connectivity index (χ1) is 18.4. The van der Waals surface area contributed by atoms with E-state index in [1.807, 2.05) is 69.3 Å². The van der Waals surface area contributed by atoms with Crippen molar-refractivity contribution in [3.8, 4) is 0 Å². The van der Waals surface area contributed by atoms with E-state index in [9.17, 15) is 9.59 Å². The molecule has 0 radical (unpaired) electrons. The molecule has 0 fully saturated rings. The molecule has 0 heterocycles. The fourth-order valence-electron chi connectivity index (χ4n) is 4.90. The number of rotatable bonds is 18. The molecule has 38 heavy (non-hydrogen) atoms. The van der Waals surface area contributed by atoms with Gasteiger partial charge in [-0.15, -0.1) is 0 Å². The first kappa shape index (κ1) is 31.6. The maximum absolute atomic E-state index is 12.9. The van der Waals surface area contributed by atoms with Crippen molar-refractivity contribution in [1.29, 1.82) is 0 Å². The number of carbonyl (C=O) groups is 2. The highest BCUT2D eigenvalue weighted by molar-refractivity contribution is 5.90. The molecule has 4 nitrogen and oxygen atoms in total. The number of hydrogen-bond acceptors (Lipinski definition) is 4. The van der Waals surface area contributed by atoms with Gasteiger partial charge in [-0.2, -0.15) is 0 Å². The van der Waals surface area contributed by atoms with Crippen LogP contribution in [0.3, 0.4) is 0 Å². The Morgan fingerprint density at radius 2 is 0.947 bits per heavy atom. The Bertz CT molecular complexity index is 854. The molecule has 0 aliphatic rings. The molecule has 210 valence electrons. The lowest BCUT2D eigenvalue weighted by Gasteiger charge is -2.29. The van der Waals surface area contributed by atoms with E-state index >= 15 is 0 Å². The number of benzene rings is 2. The highest BCUT2D eigenvalue weighted by atomic mass is 16.6. The van der Waals surface area contributed by atoms with Crippen molar-refractivity contribution in [1.82, 2.24) is 0 Å². The topological polar surface area (TPSA) is 52.6 Å². The van der Waals surface area contributed by atoms with E-state index in [1.165, 1.54) is 62.5 Å². The predicted molar refractivity (Wildman–Crippen MR) is 157 cm³/mol. The van der Waals surface area contributed by atoms with Crippen molar-refractivity contribution in [2.75, 3.05) is 0 Å². The van der Waals surface area contributed by atoms with Crippen LogP contribution >= 0.6 is 0 Å². The lowest BCUT2D eigenvalue weighted by molar-refractivity contribution is -0.0299. The largest absolute Gasteiger partial charge is 0.458 e. The molecule has 0 aliphatic heterocycles. The lowest BCUT2D eigenvalue weighted by Crippen LogP contribution is -2.35. The van der Waals surface area contributed by atoms with Gasteiger partial charge in [0.15, 0.2) is 0 Å². The van der Waals surface area contributed by atoms with Crippen LogP contribution in [-0.4, -0.2) is 24.1 Å². The molecule has 0 aromatic heterocycles. The van der Waals surface area contributed by atoms with Gasteiger partial charge in [0.25, 0.3) is 0 Å². The maximum Gasteiger partial charge on any atom is 0.338 e. The van der Waals surface area contributed by atoms with Crippen molar-refractivity contribution in [2.24, 2.45) is 5.92 Å². The standard InChI is InChI=1S/C34H50O4/c1-6-10-12-14-16-27-18-22-29(23-19-27)33(35)37-31(8-3)26(5)32(9-4)38-34(36)30-24-20-28(21-25-30)17-15-13-11-7-2/h18-26,31-32H,6-17H2,1-5H3. The zero-order valence-electron chi connectivity index (χ0n) is 24.5. The summed E-state index contributed by atoms with van der Waals surface area (Å²) in [6.07, 6.45) is 12.5. The molecule has 2 unspecified atom stereocenters. The molecule has 0 saturated heterocycles. The lowest BCUT2D eigenvalue weighted by atomic mass is 9.94. The van der Waals surface area contributed by atoms with Crippen LogP contribution in [-0.2, 0) is 22.3 Å². The van der Waals surface area contributed by atoms with Gasteiger partial charge in [0, 0.05) is 5.92 Å². The minimum atomic E-state index is -0.334. The monoisotopic (exact) mass is 522 g/mol. The van der Waals surface area contributed by atoms with Crippen molar-refractivity contribution in [2.45, 2.75) is 124 Å². The molecule has 2 rings (SSSR count). The van der Waals surface area contributed by atoms with Crippen LogP contribution < -0.4 is 0 Å². The molecule has 2 aromatic rings. The molecular weight excluding hydrogens is 472 g/mol. The Morgan fingerprint density at radius 3 is 1.26 bits per heavy atom. The third-order valence-electron chi connectivity index (χ3n) is 7.51. The SMILES string of the molecule is CCCCCCc1ccc(C(=O)OC(CC)C(C)C(CC)OC(=O)c2ccc(CCCCCC)cc2)cc1. The number of aryl methyl sites for hydroxylation is 2. The highest BCUT2D eigenvalue weighted by Gasteiger charge is 2.30. The Morgan fingerprint density at radius 1 is 0.579 bits per heavy atom. The van der Waals surface area contributed by atoms with E-state index in [-0.39, 0.29) is 30.1 Å². The van der Waals surface area contributed by atoms with Crippen molar-refractivity contribution in [3.63, 3.8) is 0 Å². The Hall–Kier alpha value is -2.62. The molecule has 2 atom stereocenters. The highest BCUT2D eigenvalue weighted by Crippen LogP contribution is 2.23. The van der Waals surface area contributed by atoms with E-state index < -0.39 is 0 Å². The van der Waals surface area contributed by atoms with E-state index in [1.54, 1.807) is 0 Å². The van der Waals surface area contributed by atoms with Crippen molar-refractivity contribution in [3.05, 3.63) is 70.8 Å². The molecule has 0 amide bonds. The number of unbranched alkanes of at least 4 members (excludes halogenated alkanes) is 6. The first-order valence-corrected chi connectivity index (χ1v) is 15.0. The minimum absolute atomic E-state index is 0.117. The summed E-state index contributed by atoms with van der Waals surface area (Å²) in [5, 5.41) is 0. The van der Waals surface area contributed by atoms with Gasteiger partial charge in [0.1, 0.15) is 12.2 Å². The van der Waals surface area contributed by atoms with Crippen molar-refractivity contribution >= 4 is 11.9 Å². The third-order valence-corrected chi connectivity index (χ3v) is 7.51. The molecular formula is C34H50O4. The summed E-state index contributed by atoms with van der Waals surface area (Å²) in [6.45, 7) is 10.4. The fraction of sp³-hybridized carbons (Fsp3) is 0.588. The van der Waals surface area contributed by atoms with E-state index in [0.29, 0.717) is 24.0 Å². The summed E-state index contributed by atoms with van der Waals surface area (Å²) in [4.78, 5) is 25.8. The summed E-state index contributed by atoms with van der Waals surface area (Å²) in [5.74, 6) is -0.762. The van der Waals surface area contributed by atoms with Gasteiger partial charge in [0.2, 0.25) is 0 Å². The molecule has 2 aromatic carbocycles. The van der Waals surface area contributed by atoms with Crippen molar-refractivity contribution < 1.29 is 19.1 Å². The average Bonchev–Trinajstić information content (AvgIpc) is 2.95. The zero-order valence-corrected chi connectivity index (χ0v) is 24.5. The number of hydrogen-bond donors (Lipinski definition) is 0. The fourth-order valence-corrected chi connectivity index (χ4v) is 4.90. The van der Waals surface area contributed by atoms with E-state index in [2.05, 4.69) is 13.8 Å². The van der Waals surface area contributed by atoms with Gasteiger partial charge < -0.3 is 9.47 Å². The molecule has 0 N–H and O–H groups in total. The Balaban J connectivity index is 1.91. The van der Waals surface area contributed by atoms with Crippen LogP contribution in [0.25, 0.3) is 0 Å². The van der Waals surface area contributed by atoms with Gasteiger partial charge in [-0.3, -0.25) is 0 Å². The van der Waals surface area contributed by atoms with Gasteiger partial charge in [-0.05, 0) is 73.9 Å². The van der Waals surface area contributed by atoms with Crippen LogP contribution in [0.1, 0.15) is 131 Å². The van der Waals surface area contributed by atoms with Crippen LogP contribution in [0, 0.1) is 5.92 Å². The molecule has 0 saturated carbocycles. The summed E-state index contributed by atoms with van der Waals surface area (Å²) in [5.41, 5.74) is 3.63. The summed E-state index contributed by atoms with van der Waals surface area (Å²) >= 11 is 0. The second kappa shape index (κ2) is 17.8. The van der Waals surface area contributed by atoms with Gasteiger partial charge in [-0.1, -0.05) is 97.4 Å². The van der Waals surface area contributed by atoms with Gasteiger partial charge >= 0.3 is 11.9 Å². The second-order valence-electron chi connectivity index (χ2n) is 10.6. The molecule has 0 spiro atoms. The number of carbonyl (C=O) groups excluding carboxylic acids is 2. The first-order valence-electron chi connectivity index (χ1n) is 15.0. The Labute approximate surface area is 231 Å². The van der Waals surface area contributed by atoms with Gasteiger partial charge in [0.05, 0.1) is 11.1 Å². The average molecular weight is 523 g/mol. The summed E-state index contributed by atoms with van der Waals surface area (Å²) in [7, 11) is 0. The van der Waals surface area contributed by atoms with E-state index in [4.69, 9.17) is 9.47 Å². The predicted octanol–water partition coefficient (Wildman–Crippen LogP) is 9.14. The number of ether oxygens (including phenoxy) is 2. The third kappa shape index (κ3) is 10.6. The minimum Gasteiger partial charge on any atom is -0.458 e. The summed E-state index contributed by atoms with van der Waals surface area (Å²) < 4.78 is 11.8. The van der Waals surface area contributed by atoms with Crippen LogP contribution in [0.5, 0.6) is 0 Å². The van der Waals surface area contributed by atoms with Gasteiger partial charge in [-0.25, -0.2) is 9.59 Å². The molecule has 4 heteroatoms. The molecule has 0 aliphatic carbocycles. The second-order valence-corrected chi connectivity index (χ2v) is 10.6. The molecule has 0 bridgehead atoms. The number of esters is 2. The zero-order chi connectivity index (χ0) is 27.8. The van der Waals surface area contributed by atoms with Crippen LogP contribution in [0.4, 0.5) is 0 Å². The normalized spacial score (nSPS) is 13.5. The van der Waals surface area contributed by atoms with E-state index in [0.717, 1.165) is 12.8 Å². The maximum atomic E-state index is 12.9. The van der Waals surface area contributed by atoms with Crippen LogP contribution in [0.15, 0.2) is 48.5 Å². The smallest absolute Gasteiger partial charge is 0.338 e. The Kier molecular flexibility index (Phi) is 14.8. The quantitative estimate of drug-likeness (QED) is 0.145. The summed E-state index contributed by atoms with van der Waals surface area (Å²) in [6, 6.07) is 15.6.